The van der Waals surface area contributed by atoms with Crippen LogP contribution in [0.15, 0.2) is 30.3 Å². The third kappa shape index (κ3) is 5.44. The predicted octanol–water partition coefficient (Wildman–Crippen LogP) is 4.64. The van der Waals surface area contributed by atoms with Crippen molar-refractivity contribution >= 4 is 0 Å². The van der Waals surface area contributed by atoms with Crippen molar-refractivity contribution in [1.82, 2.24) is 0 Å². The Morgan fingerprint density at radius 3 is 2.57 bits per heavy atom. The molecule has 0 aliphatic heterocycles. The SMILES string of the molecule is CCCCCCCOC1CC(c2ccccc2)CCC1N. The first-order valence-electron chi connectivity index (χ1n) is 8.73. The average Bonchev–Trinajstić information content (AvgIpc) is 2.53. The maximum absolute atomic E-state index is 6.26. The van der Waals surface area contributed by atoms with Gasteiger partial charge in [0.1, 0.15) is 0 Å². The maximum Gasteiger partial charge on any atom is 0.0731 e. The van der Waals surface area contributed by atoms with Crippen molar-refractivity contribution in [1.29, 1.82) is 0 Å². The maximum atomic E-state index is 6.26. The van der Waals surface area contributed by atoms with Crippen molar-refractivity contribution in [2.24, 2.45) is 5.73 Å². The van der Waals surface area contributed by atoms with Gasteiger partial charge in [0.05, 0.1) is 6.10 Å². The Hall–Kier alpha value is -0.860. The van der Waals surface area contributed by atoms with Crippen LogP contribution in [0.3, 0.4) is 0 Å². The minimum atomic E-state index is 0.223. The van der Waals surface area contributed by atoms with Gasteiger partial charge >= 0.3 is 0 Å². The third-order valence-electron chi connectivity index (χ3n) is 4.69. The van der Waals surface area contributed by atoms with Crippen LogP contribution in [0.1, 0.15) is 69.8 Å². The molecule has 2 N–H and O–H groups in total. The molecule has 0 radical (unpaired) electrons. The van der Waals surface area contributed by atoms with Gasteiger partial charge in [-0.15, -0.1) is 0 Å². The Kier molecular flexibility index (Phi) is 7.25. The fourth-order valence-electron chi connectivity index (χ4n) is 3.31. The highest BCUT2D eigenvalue weighted by Crippen LogP contribution is 2.33. The van der Waals surface area contributed by atoms with E-state index in [0.29, 0.717) is 5.92 Å². The molecule has 0 saturated heterocycles. The van der Waals surface area contributed by atoms with E-state index >= 15 is 0 Å². The minimum Gasteiger partial charge on any atom is -0.377 e. The number of hydrogen-bond donors (Lipinski definition) is 1. The first kappa shape index (κ1) is 16.5. The summed E-state index contributed by atoms with van der Waals surface area (Å²) in [6.07, 6.45) is 10.1. The molecule has 3 unspecified atom stereocenters. The van der Waals surface area contributed by atoms with E-state index < -0.39 is 0 Å². The summed E-state index contributed by atoms with van der Waals surface area (Å²) in [5.74, 6) is 0.621. The molecule has 1 aromatic rings. The number of ether oxygens (including phenoxy) is 1. The van der Waals surface area contributed by atoms with Crippen molar-refractivity contribution in [3.8, 4) is 0 Å². The smallest absolute Gasteiger partial charge is 0.0731 e. The number of benzene rings is 1. The summed E-state index contributed by atoms with van der Waals surface area (Å²) >= 11 is 0. The van der Waals surface area contributed by atoms with E-state index in [1.807, 2.05) is 0 Å². The Labute approximate surface area is 130 Å². The summed E-state index contributed by atoms with van der Waals surface area (Å²) < 4.78 is 6.10. The molecule has 3 atom stereocenters. The summed E-state index contributed by atoms with van der Waals surface area (Å²) in [7, 11) is 0. The minimum absolute atomic E-state index is 0.223. The quantitative estimate of drug-likeness (QED) is 0.708. The molecule has 1 saturated carbocycles. The van der Waals surface area contributed by atoms with Crippen LogP contribution in [0, 0.1) is 0 Å². The number of rotatable bonds is 8. The van der Waals surface area contributed by atoms with Crippen molar-refractivity contribution in [3.63, 3.8) is 0 Å². The van der Waals surface area contributed by atoms with Gasteiger partial charge in [0.15, 0.2) is 0 Å². The third-order valence-corrected chi connectivity index (χ3v) is 4.69. The number of unbranched alkanes of at least 4 members (excludes halogenated alkanes) is 4. The molecule has 118 valence electrons. The van der Waals surface area contributed by atoms with Gasteiger partial charge in [-0.3, -0.25) is 0 Å². The lowest BCUT2D eigenvalue weighted by Crippen LogP contribution is -2.41. The molecule has 0 heterocycles. The Morgan fingerprint density at radius 1 is 1.05 bits per heavy atom. The van der Waals surface area contributed by atoms with Gasteiger partial charge in [-0.2, -0.15) is 0 Å². The molecule has 1 aliphatic rings. The highest BCUT2D eigenvalue weighted by molar-refractivity contribution is 5.20. The molecule has 0 bridgehead atoms. The molecular weight excluding hydrogens is 258 g/mol. The van der Waals surface area contributed by atoms with E-state index in [9.17, 15) is 0 Å². The van der Waals surface area contributed by atoms with Crippen LogP contribution in [-0.4, -0.2) is 18.8 Å². The van der Waals surface area contributed by atoms with Crippen LogP contribution < -0.4 is 5.73 Å². The number of nitrogens with two attached hydrogens (primary N) is 1. The Balaban J connectivity index is 1.74. The normalized spacial score (nSPS) is 25.9. The van der Waals surface area contributed by atoms with E-state index in [4.69, 9.17) is 10.5 Å². The Morgan fingerprint density at radius 2 is 1.81 bits per heavy atom. The van der Waals surface area contributed by atoms with Crippen molar-refractivity contribution < 1.29 is 4.74 Å². The van der Waals surface area contributed by atoms with Gasteiger partial charge in [0.2, 0.25) is 0 Å². The van der Waals surface area contributed by atoms with Crippen LogP contribution in [0.2, 0.25) is 0 Å². The van der Waals surface area contributed by atoms with E-state index in [0.717, 1.165) is 19.4 Å². The van der Waals surface area contributed by atoms with Gasteiger partial charge in [0.25, 0.3) is 0 Å². The first-order chi connectivity index (χ1) is 10.3. The van der Waals surface area contributed by atoms with Crippen LogP contribution in [0.4, 0.5) is 0 Å². The fourth-order valence-corrected chi connectivity index (χ4v) is 3.31. The second-order valence-corrected chi connectivity index (χ2v) is 6.41. The topological polar surface area (TPSA) is 35.2 Å². The highest BCUT2D eigenvalue weighted by atomic mass is 16.5. The summed E-state index contributed by atoms with van der Waals surface area (Å²) in [6, 6.07) is 11.1. The predicted molar refractivity (Wildman–Crippen MR) is 89.5 cm³/mol. The van der Waals surface area contributed by atoms with Crippen LogP contribution in [0.5, 0.6) is 0 Å². The Bertz CT molecular complexity index is 378. The standard InChI is InChI=1S/C19H31NO/c1-2-3-4-5-9-14-21-19-15-17(12-13-18(19)20)16-10-7-6-8-11-16/h6-8,10-11,17-19H,2-5,9,12-15,20H2,1H3. The van der Waals surface area contributed by atoms with E-state index in [-0.39, 0.29) is 12.1 Å². The van der Waals surface area contributed by atoms with Crippen molar-refractivity contribution in [2.45, 2.75) is 76.4 Å². The first-order valence-corrected chi connectivity index (χ1v) is 8.73. The zero-order valence-corrected chi connectivity index (χ0v) is 13.5. The summed E-state index contributed by atoms with van der Waals surface area (Å²) in [6.45, 7) is 3.13. The lowest BCUT2D eigenvalue weighted by Gasteiger charge is -2.34. The van der Waals surface area contributed by atoms with E-state index in [2.05, 4.69) is 37.3 Å². The molecule has 2 heteroatoms. The largest absolute Gasteiger partial charge is 0.377 e. The van der Waals surface area contributed by atoms with E-state index in [1.54, 1.807) is 0 Å². The fraction of sp³-hybridized carbons (Fsp3) is 0.684. The second-order valence-electron chi connectivity index (χ2n) is 6.41. The van der Waals surface area contributed by atoms with Gasteiger partial charge in [-0.05, 0) is 37.2 Å². The van der Waals surface area contributed by atoms with Gasteiger partial charge in [-0.25, -0.2) is 0 Å². The molecule has 1 aromatic carbocycles. The molecule has 2 rings (SSSR count). The highest BCUT2D eigenvalue weighted by Gasteiger charge is 2.29. The van der Waals surface area contributed by atoms with Crippen molar-refractivity contribution in [2.75, 3.05) is 6.61 Å². The van der Waals surface area contributed by atoms with Gasteiger partial charge < -0.3 is 10.5 Å². The number of hydrogen-bond acceptors (Lipinski definition) is 2. The molecule has 0 amide bonds. The van der Waals surface area contributed by atoms with Crippen LogP contribution >= 0.6 is 0 Å². The molecule has 1 fully saturated rings. The monoisotopic (exact) mass is 289 g/mol. The average molecular weight is 289 g/mol. The van der Waals surface area contributed by atoms with Crippen LogP contribution in [-0.2, 0) is 4.74 Å². The molecule has 2 nitrogen and oxygen atoms in total. The zero-order valence-electron chi connectivity index (χ0n) is 13.5. The molecule has 1 aliphatic carbocycles. The molecule has 0 aromatic heterocycles. The van der Waals surface area contributed by atoms with E-state index in [1.165, 1.54) is 44.1 Å². The summed E-state index contributed by atoms with van der Waals surface area (Å²) in [5, 5.41) is 0. The summed E-state index contributed by atoms with van der Waals surface area (Å²) in [5.41, 5.74) is 7.70. The summed E-state index contributed by atoms with van der Waals surface area (Å²) in [4.78, 5) is 0. The zero-order chi connectivity index (χ0) is 14.9. The second kappa shape index (κ2) is 9.22. The van der Waals surface area contributed by atoms with Gasteiger partial charge in [-0.1, -0.05) is 62.9 Å². The van der Waals surface area contributed by atoms with Gasteiger partial charge in [0, 0.05) is 12.6 Å². The van der Waals surface area contributed by atoms with Crippen molar-refractivity contribution in [3.05, 3.63) is 35.9 Å². The lowest BCUT2D eigenvalue weighted by molar-refractivity contribution is 0.00758. The van der Waals surface area contributed by atoms with Crippen LogP contribution in [0.25, 0.3) is 0 Å². The molecular formula is C19H31NO. The molecule has 0 spiro atoms. The lowest BCUT2D eigenvalue weighted by atomic mass is 9.80. The molecule has 21 heavy (non-hydrogen) atoms.